The maximum Gasteiger partial charge on any atom is 0.414 e. The fourth-order valence-electron chi connectivity index (χ4n) is 4.50. The summed E-state index contributed by atoms with van der Waals surface area (Å²) in [5.41, 5.74) is 7.18. The number of nitrogens with two attached hydrogens (primary N) is 1. The van der Waals surface area contributed by atoms with Crippen LogP contribution in [0.15, 0.2) is 42.5 Å². The van der Waals surface area contributed by atoms with Crippen molar-refractivity contribution in [2.45, 2.75) is 51.8 Å². The Kier molecular flexibility index (Phi) is 11.9. The molecular formula is C29H41N3O8. The molecule has 1 fully saturated rings. The van der Waals surface area contributed by atoms with Gasteiger partial charge in [0.25, 0.3) is 0 Å². The Morgan fingerprint density at radius 3 is 2.25 bits per heavy atom. The van der Waals surface area contributed by atoms with Gasteiger partial charge in [-0.3, -0.25) is 4.90 Å². The Morgan fingerprint density at radius 1 is 0.975 bits per heavy atom. The van der Waals surface area contributed by atoms with Crippen LogP contribution in [0.4, 0.5) is 0 Å². The number of nitrogens with zero attached hydrogens (tertiary/aromatic N) is 2. The Bertz CT molecular complexity index is 1070. The molecule has 2 aliphatic heterocycles. The van der Waals surface area contributed by atoms with Crippen molar-refractivity contribution in [3.63, 3.8) is 0 Å². The first kappa shape index (κ1) is 31.0. The van der Waals surface area contributed by atoms with Crippen molar-refractivity contribution in [3.05, 3.63) is 48.0 Å². The minimum atomic E-state index is -1.82. The van der Waals surface area contributed by atoms with E-state index in [1.807, 2.05) is 37.3 Å². The number of carboxylic acids is 2. The SMILES string of the molecule is CC(N)CC(Oc1cccc2c1OCO2)c1ccc(OCCCN2CCN(C(C)C)CC2)cc1.O=C(O)C(=O)O. The summed E-state index contributed by atoms with van der Waals surface area (Å²) in [6, 6.07) is 14.5. The normalized spacial score (nSPS) is 16.5. The van der Waals surface area contributed by atoms with Crippen LogP contribution in [0, 0.1) is 0 Å². The van der Waals surface area contributed by atoms with Crippen molar-refractivity contribution in [3.8, 4) is 23.0 Å². The Balaban J connectivity index is 0.000000663. The molecule has 2 aromatic rings. The van der Waals surface area contributed by atoms with Crippen molar-refractivity contribution < 1.29 is 38.7 Å². The van der Waals surface area contributed by atoms with Crippen LogP contribution in [0.25, 0.3) is 0 Å². The van der Waals surface area contributed by atoms with Gasteiger partial charge >= 0.3 is 11.9 Å². The highest BCUT2D eigenvalue weighted by Crippen LogP contribution is 2.42. The van der Waals surface area contributed by atoms with Crippen molar-refractivity contribution in [1.29, 1.82) is 0 Å². The van der Waals surface area contributed by atoms with Crippen LogP contribution in [0.5, 0.6) is 23.0 Å². The summed E-state index contributed by atoms with van der Waals surface area (Å²) < 4.78 is 23.4. The van der Waals surface area contributed by atoms with E-state index < -0.39 is 11.9 Å². The molecule has 0 amide bonds. The molecule has 40 heavy (non-hydrogen) atoms. The highest BCUT2D eigenvalue weighted by atomic mass is 16.7. The van der Waals surface area contributed by atoms with Gasteiger partial charge < -0.3 is 39.8 Å². The molecule has 0 aliphatic carbocycles. The molecule has 2 unspecified atom stereocenters. The Hall–Kier alpha value is -3.54. The van der Waals surface area contributed by atoms with E-state index in [9.17, 15) is 0 Å². The van der Waals surface area contributed by atoms with Crippen LogP contribution in [0.2, 0.25) is 0 Å². The van der Waals surface area contributed by atoms with Crippen LogP contribution in [-0.4, -0.2) is 90.2 Å². The molecular weight excluding hydrogens is 518 g/mol. The quantitative estimate of drug-likeness (QED) is 0.276. The van der Waals surface area contributed by atoms with Crippen molar-refractivity contribution in [1.82, 2.24) is 9.80 Å². The highest BCUT2D eigenvalue weighted by molar-refractivity contribution is 6.27. The first-order valence-corrected chi connectivity index (χ1v) is 13.6. The molecule has 0 aromatic heterocycles. The monoisotopic (exact) mass is 559 g/mol. The number of carbonyl (C=O) groups is 2. The molecule has 2 atom stereocenters. The third-order valence-corrected chi connectivity index (χ3v) is 6.67. The van der Waals surface area contributed by atoms with Crippen molar-refractivity contribution in [2.75, 3.05) is 46.1 Å². The van der Waals surface area contributed by atoms with Gasteiger partial charge in [0, 0.05) is 51.2 Å². The molecule has 2 heterocycles. The van der Waals surface area contributed by atoms with E-state index >= 15 is 0 Å². The fourth-order valence-corrected chi connectivity index (χ4v) is 4.50. The van der Waals surface area contributed by atoms with Crippen molar-refractivity contribution >= 4 is 11.9 Å². The largest absolute Gasteiger partial charge is 0.494 e. The second-order valence-corrected chi connectivity index (χ2v) is 10.2. The molecule has 0 spiro atoms. The van der Waals surface area contributed by atoms with Gasteiger partial charge in [-0.05, 0) is 57.0 Å². The lowest BCUT2D eigenvalue weighted by Gasteiger charge is -2.36. The van der Waals surface area contributed by atoms with E-state index in [1.165, 1.54) is 0 Å². The molecule has 0 saturated carbocycles. The number of rotatable bonds is 11. The summed E-state index contributed by atoms with van der Waals surface area (Å²) in [5.74, 6) is -0.726. The summed E-state index contributed by atoms with van der Waals surface area (Å²) in [6.45, 7) is 13.2. The number of fused-ring (bicyclic) bond motifs is 1. The van der Waals surface area contributed by atoms with Gasteiger partial charge in [0.2, 0.25) is 12.5 Å². The van der Waals surface area contributed by atoms with E-state index in [0.29, 0.717) is 29.7 Å². The number of hydrogen-bond donors (Lipinski definition) is 3. The zero-order valence-corrected chi connectivity index (χ0v) is 23.5. The molecule has 0 bridgehead atoms. The van der Waals surface area contributed by atoms with E-state index in [-0.39, 0.29) is 18.9 Å². The van der Waals surface area contributed by atoms with Gasteiger partial charge in [0.15, 0.2) is 11.5 Å². The van der Waals surface area contributed by atoms with Gasteiger partial charge in [-0.2, -0.15) is 0 Å². The van der Waals surface area contributed by atoms with Gasteiger partial charge in [-0.1, -0.05) is 18.2 Å². The van der Waals surface area contributed by atoms with Gasteiger partial charge in [0.1, 0.15) is 11.9 Å². The number of aliphatic carboxylic acids is 2. The number of benzene rings is 2. The minimum Gasteiger partial charge on any atom is -0.494 e. The van der Waals surface area contributed by atoms with Crippen LogP contribution in [0.3, 0.4) is 0 Å². The standard InChI is InChI=1S/C27H39N3O4.C2H2O4/c1-20(2)30-15-13-29(14-16-30)12-5-17-31-23-10-8-22(9-11-23)26(18-21(3)28)34-25-7-4-6-24-27(25)33-19-32-24;3-1(4)2(5)6/h4,6-11,20-21,26H,5,12-19,28H2,1-3H3;(H,3,4)(H,5,6). The summed E-state index contributed by atoms with van der Waals surface area (Å²) in [4.78, 5) is 23.3. The third-order valence-electron chi connectivity index (χ3n) is 6.67. The minimum absolute atomic E-state index is 0.00254. The molecule has 0 radical (unpaired) electrons. The van der Waals surface area contributed by atoms with Crippen LogP contribution in [0.1, 0.15) is 45.3 Å². The molecule has 2 aliphatic rings. The first-order valence-electron chi connectivity index (χ1n) is 13.6. The zero-order chi connectivity index (χ0) is 29.1. The van der Waals surface area contributed by atoms with Crippen molar-refractivity contribution in [2.24, 2.45) is 5.73 Å². The molecule has 4 N–H and O–H groups in total. The van der Waals surface area contributed by atoms with Gasteiger partial charge in [-0.25, -0.2) is 9.59 Å². The van der Waals surface area contributed by atoms with E-state index in [1.54, 1.807) is 0 Å². The lowest BCUT2D eigenvalue weighted by atomic mass is 10.0. The molecule has 4 rings (SSSR count). The number of para-hydroxylation sites is 1. The molecule has 2 aromatic carbocycles. The Labute approximate surface area is 235 Å². The predicted octanol–water partition coefficient (Wildman–Crippen LogP) is 3.22. The average molecular weight is 560 g/mol. The summed E-state index contributed by atoms with van der Waals surface area (Å²) >= 11 is 0. The second kappa shape index (κ2) is 15.3. The number of piperazine rings is 1. The Morgan fingerprint density at radius 2 is 1.65 bits per heavy atom. The molecule has 1 saturated heterocycles. The maximum absolute atomic E-state index is 9.10. The number of ether oxygens (including phenoxy) is 4. The van der Waals surface area contributed by atoms with Crippen LogP contribution in [-0.2, 0) is 9.59 Å². The summed E-state index contributed by atoms with van der Waals surface area (Å²) in [5, 5.41) is 14.8. The topological polar surface area (TPSA) is 144 Å². The van der Waals surface area contributed by atoms with E-state index in [4.69, 9.17) is 44.5 Å². The highest BCUT2D eigenvalue weighted by Gasteiger charge is 2.23. The van der Waals surface area contributed by atoms with Gasteiger partial charge in [-0.15, -0.1) is 0 Å². The first-order chi connectivity index (χ1) is 19.1. The van der Waals surface area contributed by atoms with E-state index in [0.717, 1.165) is 57.1 Å². The lowest BCUT2D eigenvalue weighted by molar-refractivity contribution is -0.159. The smallest absolute Gasteiger partial charge is 0.414 e. The molecule has 220 valence electrons. The van der Waals surface area contributed by atoms with Gasteiger partial charge in [0.05, 0.1) is 6.61 Å². The average Bonchev–Trinajstić information content (AvgIpc) is 3.41. The second-order valence-electron chi connectivity index (χ2n) is 10.2. The maximum atomic E-state index is 9.10. The fraction of sp³-hybridized carbons (Fsp3) is 0.517. The lowest BCUT2D eigenvalue weighted by Crippen LogP contribution is -2.49. The summed E-state index contributed by atoms with van der Waals surface area (Å²) in [7, 11) is 0. The third kappa shape index (κ3) is 9.58. The molecule has 11 nitrogen and oxygen atoms in total. The van der Waals surface area contributed by atoms with Crippen LogP contribution >= 0.6 is 0 Å². The zero-order valence-electron chi connectivity index (χ0n) is 23.5. The van der Waals surface area contributed by atoms with E-state index in [2.05, 4.69) is 35.8 Å². The molecule has 11 heteroatoms. The number of hydrogen-bond acceptors (Lipinski definition) is 9. The van der Waals surface area contributed by atoms with Crippen LogP contribution < -0.4 is 24.7 Å². The predicted molar refractivity (Wildman–Crippen MR) is 149 cm³/mol. The summed E-state index contributed by atoms with van der Waals surface area (Å²) in [6.07, 6.45) is 1.53. The number of carboxylic acid groups (broad SMARTS) is 2.